The highest BCUT2D eigenvalue weighted by molar-refractivity contribution is 5.99. The van der Waals surface area contributed by atoms with E-state index < -0.39 is 18.0 Å². The third kappa shape index (κ3) is 10.5. The first-order valence-electron chi connectivity index (χ1n) is 14.0. The number of nitrogens with one attached hydrogen (secondary N) is 1. The number of nitrogens with two attached hydrogens (primary N) is 1. The summed E-state index contributed by atoms with van der Waals surface area (Å²) in [6.07, 6.45) is 2.54. The molecule has 0 aromatic heterocycles. The van der Waals surface area contributed by atoms with Crippen molar-refractivity contribution >= 4 is 35.7 Å². The van der Waals surface area contributed by atoms with Gasteiger partial charge in [0.1, 0.15) is 17.6 Å². The maximum Gasteiger partial charge on any atom is 0.343 e. The summed E-state index contributed by atoms with van der Waals surface area (Å²) in [5.74, 6) is -1.41. The summed E-state index contributed by atoms with van der Waals surface area (Å²) in [6, 6.07) is 12.1. The number of amidine groups is 1. The van der Waals surface area contributed by atoms with Crippen LogP contribution in [-0.2, 0) is 23.9 Å². The monoisotopic (exact) mass is 579 g/mol. The smallest absolute Gasteiger partial charge is 0.343 e. The molecule has 0 heterocycles. The minimum absolute atomic E-state index is 0.0820. The standard InChI is InChI=1S/C32H41N3O7/c1-6-40-28(36)9-8-18-35(27(19-21(3)4)32(39)41-7-2)30(37)22(5)20-23-10-12-25(13-11-23)31(38)42-26-16-14-24(15-17-26)29(33)34/h10-17,20-21,27H,6-9,18-19H2,1-5H3,(H3,33,34)/t27-/m0/s1. The summed E-state index contributed by atoms with van der Waals surface area (Å²) in [4.78, 5) is 52.5. The second-order valence-electron chi connectivity index (χ2n) is 10.1. The van der Waals surface area contributed by atoms with E-state index in [1.807, 2.05) is 13.8 Å². The Morgan fingerprint density at radius 3 is 2.07 bits per heavy atom. The molecular formula is C32H41N3O7. The third-order valence-corrected chi connectivity index (χ3v) is 6.22. The molecule has 1 amide bonds. The van der Waals surface area contributed by atoms with Crippen molar-refractivity contribution in [3.8, 4) is 5.75 Å². The Bertz CT molecular complexity index is 1270. The fourth-order valence-electron chi connectivity index (χ4n) is 4.18. The van der Waals surface area contributed by atoms with E-state index in [9.17, 15) is 19.2 Å². The SMILES string of the molecule is CCOC(=O)CCCN(C(=O)C(C)=Cc1ccc(C(=O)Oc2ccc(C(=N)N)cc2)cc1)[C@@H](CC(C)C)C(=O)OCC. The van der Waals surface area contributed by atoms with E-state index in [1.165, 1.54) is 4.90 Å². The molecule has 10 nitrogen and oxygen atoms in total. The van der Waals surface area contributed by atoms with Crippen molar-refractivity contribution in [2.75, 3.05) is 19.8 Å². The van der Waals surface area contributed by atoms with Gasteiger partial charge in [0.15, 0.2) is 0 Å². The molecule has 2 rings (SSSR count). The van der Waals surface area contributed by atoms with Gasteiger partial charge in [0.25, 0.3) is 0 Å². The summed E-state index contributed by atoms with van der Waals surface area (Å²) in [5.41, 5.74) is 7.33. The first-order chi connectivity index (χ1) is 20.0. The predicted molar refractivity (Wildman–Crippen MR) is 160 cm³/mol. The summed E-state index contributed by atoms with van der Waals surface area (Å²) in [6.45, 7) is 9.66. The minimum Gasteiger partial charge on any atom is -0.466 e. The lowest BCUT2D eigenvalue weighted by molar-refractivity contribution is -0.154. The lowest BCUT2D eigenvalue weighted by Crippen LogP contribution is -2.47. The van der Waals surface area contributed by atoms with Gasteiger partial charge >= 0.3 is 17.9 Å². The number of hydrogen-bond donors (Lipinski definition) is 2. The maximum atomic E-state index is 13.7. The highest BCUT2D eigenvalue weighted by Crippen LogP contribution is 2.20. The average Bonchev–Trinajstić information content (AvgIpc) is 2.94. The highest BCUT2D eigenvalue weighted by Gasteiger charge is 2.32. The van der Waals surface area contributed by atoms with Crippen LogP contribution >= 0.6 is 0 Å². The molecule has 2 aromatic carbocycles. The predicted octanol–water partition coefficient (Wildman–Crippen LogP) is 4.74. The zero-order valence-electron chi connectivity index (χ0n) is 25.0. The number of ether oxygens (including phenoxy) is 3. The van der Waals surface area contributed by atoms with Gasteiger partial charge in [-0.1, -0.05) is 26.0 Å². The molecule has 0 aliphatic rings. The van der Waals surface area contributed by atoms with Crippen LogP contribution in [0.25, 0.3) is 6.08 Å². The van der Waals surface area contributed by atoms with Gasteiger partial charge in [-0.25, -0.2) is 9.59 Å². The van der Waals surface area contributed by atoms with Crippen molar-refractivity contribution in [1.29, 1.82) is 5.41 Å². The van der Waals surface area contributed by atoms with E-state index in [-0.39, 0.29) is 49.8 Å². The van der Waals surface area contributed by atoms with Crippen molar-refractivity contribution in [2.24, 2.45) is 11.7 Å². The number of carbonyl (C=O) groups is 4. The second-order valence-corrected chi connectivity index (χ2v) is 10.1. The Morgan fingerprint density at radius 2 is 1.52 bits per heavy atom. The second kappa shape index (κ2) is 16.7. The Kier molecular flexibility index (Phi) is 13.4. The van der Waals surface area contributed by atoms with Crippen LogP contribution in [0, 0.1) is 11.3 Å². The number of amides is 1. The Labute approximate surface area is 247 Å². The number of nitrogens with zero attached hydrogens (tertiary/aromatic N) is 1. The first-order valence-corrected chi connectivity index (χ1v) is 14.0. The molecule has 0 bridgehead atoms. The van der Waals surface area contributed by atoms with Gasteiger partial charge in [0.2, 0.25) is 5.91 Å². The van der Waals surface area contributed by atoms with Crippen molar-refractivity contribution in [1.82, 2.24) is 4.90 Å². The van der Waals surface area contributed by atoms with Gasteiger partial charge < -0.3 is 24.8 Å². The molecule has 0 aliphatic carbocycles. The van der Waals surface area contributed by atoms with Gasteiger partial charge in [0.05, 0.1) is 18.8 Å². The molecule has 0 saturated heterocycles. The molecular weight excluding hydrogens is 538 g/mol. The zero-order chi connectivity index (χ0) is 31.2. The van der Waals surface area contributed by atoms with Crippen LogP contribution in [0.5, 0.6) is 5.75 Å². The van der Waals surface area contributed by atoms with Gasteiger partial charge in [-0.15, -0.1) is 0 Å². The largest absolute Gasteiger partial charge is 0.466 e. The molecule has 3 N–H and O–H groups in total. The summed E-state index contributed by atoms with van der Waals surface area (Å²) >= 11 is 0. The number of esters is 3. The molecule has 226 valence electrons. The van der Waals surface area contributed by atoms with Crippen molar-refractivity contribution < 1.29 is 33.4 Å². The van der Waals surface area contributed by atoms with E-state index >= 15 is 0 Å². The summed E-state index contributed by atoms with van der Waals surface area (Å²) in [7, 11) is 0. The van der Waals surface area contributed by atoms with Gasteiger partial charge in [0, 0.05) is 24.1 Å². The van der Waals surface area contributed by atoms with Gasteiger partial charge in [-0.05, 0) is 87.6 Å². The van der Waals surface area contributed by atoms with Crippen molar-refractivity contribution in [3.05, 3.63) is 70.8 Å². The Hall–Kier alpha value is -4.47. The van der Waals surface area contributed by atoms with E-state index in [1.54, 1.807) is 75.4 Å². The molecule has 0 spiro atoms. The van der Waals surface area contributed by atoms with Crippen LogP contribution in [0.15, 0.2) is 54.1 Å². The van der Waals surface area contributed by atoms with Crippen LogP contribution in [0.2, 0.25) is 0 Å². The molecule has 0 saturated carbocycles. The zero-order valence-corrected chi connectivity index (χ0v) is 25.0. The summed E-state index contributed by atoms with van der Waals surface area (Å²) < 4.78 is 15.7. The fourth-order valence-corrected chi connectivity index (χ4v) is 4.18. The molecule has 2 aromatic rings. The molecule has 0 aliphatic heterocycles. The van der Waals surface area contributed by atoms with E-state index in [0.717, 1.165) is 0 Å². The topological polar surface area (TPSA) is 149 Å². The number of nitrogen functional groups attached to an aromatic ring is 1. The first kappa shape index (κ1) is 33.7. The molecule has 0 fully saturated rings. The molecule has 0 unspecified atom stereocenters. The third-order valence-electron chi connectivity index (χ3n) is 6.22. The van der Waals surface area contributed by atoms with E-state index in [0.29, 0.717) is 40.9 Å². The number of hydrogen-bond acceptors (Lipinski definition) is 8. The lowest BCUT2D eigenvalue weighted by atomic mass is 10.0. The van der Waals surface area contributed by atoms with Crippen LogP contribution in [0.3, 0.4) is 0 Å². The maximum absolute atomic E-state index is 13.7. The minimum atomic E-state index is -0.801. The van der Waals surface area contributed by atoms with Gasteiger partial charge in [-0.2, -0.15) is 0 Å². The molecule has 42 heavy (non-hydrogen) atoms. The molecule has 10 heteroatoms. The number of rotatable bonds is 15. The molecule has 0 radical (unpaired) electrons. The Morgan fingerprint density at radius 1 is 0.929 bits per heavy atom. The quantitative estimate of drug-likeness (QED) is 0.101. The van der Waals surface area contributed by atoms with E-state index in [2.05, 4.69) is 0 Å². The normalized spacial score (nSPS) is 11.9. The van der Waals surface area contributed by atoms with E-state index in [4.69, 9.17) is 25.4 Å². The van der Waals surface area contributed by atoms with Crippen LogP contribution in [0.4, 0.5) is 0 Å². The molecule has 1 atom stereocenters. The summed E-state index contributed by atoms with van der Waals surface area (Å²) in [5, 5.41) is 7.45. The number of carbonyl (C=O) groups excluding carboxylic acids is 4. The Balaban J connectivity index is 2.22. The highest BCUT2D eigenvalue weighted by atomic mass is 16.5. The number of benzene rings is 2. The van der Waals surface area contributed by atoms with Crippen molar-refractivity contribution in [3.63, 3.8) is 0 Å². The van der Waals surface area contributed by atoms with Crippen LogP contribution < -0.4 is 10.5 Å². The van der Waals surface area contributed by atoms with Crippen LogP contribution in [0.1, 0.15) is 75.4 Å². The van der Waals surface area contributed by atoms with Crippen LogP contribution in [-0.4, -0.2) is 60.4 Å². The fraction of sp³-hybridized carbons (Fsp3) is 0.406. The van der Waals surface area contributed by atoms with Gasteiger partial charge in [-0.3, -0.25) is 15.0 Å². The average molecular weight is 580 g/mol. The lowest BCUT2D eigenvalue weighted by Gasteiger charge is -2.31. The van der Waals surface area contributed by atoms with Crippen molar-refractivity contribution in [2.45, 2.75) is 59.9 Å².